The predicted octanol–water partition coefficient (Wildman–Crippen LogP) is 5.78. The largest absolute Gasteiger partial charge is 0.352 e. The fraction of sp³-hybridized carbons (Fsp3) is 0.462. The molecular weight excluding hydrogens is 601 g/mol. The smallest absolute Gasteiger partial charge is 0.244 e. The number of hydrogen-bond acceptors (Lipinski definition) is 4. The number of hydrogen-bond donors (Lipinski definition) is 1. The van der Waals surface area contributed by atoms with Crippen LogP contribution < -0.4 is 9.62 Å². The standard InChI is InChI=1S/C26H32BrCl2N3O4S/c1-3-24(26(34)30-19-10-5-4-6-11-19)31(16-21-22(28)13-8-14-23(21)29)25(33)17-32(37(2,35)36)20-12-7-9-18(27)15-20/h7-9,12-15,19,24H,3-6,10-11,16-17H2,1-2H3,(H,30,34)/t24-/m0/s1. The Labute approximate surface area is 237 Å². The predicted molar refractivity (Wildman–Crippen MR) is 152 cm³/mol. The molecule has 0 saturated heterocycles. The average Bonchev–Trinajstić information content (AvgIpc) is 2.84. The van der Waals surface area contributed by atoms with E-state index in [-0.39, 0.29) is 18.5 Å². The second-order valence-electron chi connectivity index (χ2n) is 9.24. The quantitative estimate of drug-likeness (QED) is 0.360. The van der Waals surface area contributed by atoms with Gasteiger partial charge in [-0.3, -0.25) is 13.9 Å². The van der Waals surface area contributed by atoms with Gasteiger partial charge in [0.1, 0.15) is 12.6 Å². The van der Waals surface area contributed by atoms with E-state index < -0.39 is 28.5 Å². The summed E-state index contributed by atoms with van der Waals surface area (Å²) in [5, 5.41) is 3.83. The van der Waals surface area contributed by atoms with Crippen LogP contribution in [0.15, 0.2) is 46.9 Å². The van der Waals surface area contributed by atoms with E-state index in [1.807, 2.05) is 6.92 Å². The van der Waals surface area contributed by atoms with Gasteiger partial charge in [0.05, 0.1) is 11.9 Å². The Morgan fingerprint density at radius 3 is 2.27 bits per heavy atom. The molecule has 11 heteroatoms. The van der Waals surface area contributed by atoms with Gasteiger partial charge in [-0.25, -0.2) is 8.42 Å². The maximum absolute atomic E-state index is 13.8. The van der Waals surface area contributed by atoms with Crippen molar-refractivity contribution in [1.29, 1.82) is 0 Å². The van der Waals surface area contributed by atoms with Crippen LogP contribution in [0.1, 0.15) is 51.0 Å². The first-order valence-electron chi connectivity index (χ1n) is 12.3. The SMILES string of the molecule is CC[C@@H](C(=O)NC1CCCCC1)N(Cc1c(Cl)cccc1Cl)C(=O)CN(c1cccc(Br)c1)S(C)(=O)=O. The van der Waals surface area contributed by atoms with E-state index in [0.29, 0.717) is 32.2 Å². The Bertz CT molecular complexity index is 1200. The highest BCUT2D eigenvalue weighted by molar-refractivity contribution is 9.10. The molecule has 2 aromatic carbocycles. The van der Waals surface area contributed by atoms with Crippen molar-refractivity contribution in [1.82, 2.24) is 10.2 Å². The van der Waals surface area contributed by atoms with E-state index >= 15 is 0 Å². The third-order valence-corrected chi connectivity index (χ3v) is 8.85. The highest BCUT2D eigenvalue weighted by Gasteiger charge is 2.33. The second-order valence-corrected chi connectivity index (χ2v) is 12.9. The summed E-state index contributed by atoms with van der Waals surface area (Å²) in [4.78, 5) is 28.7. The Kier molecular flexibility index (Phi) is 10.7. The molecule has 0 unspecified atom stereocenters. The van der Waals surface area contributed by atoms with Crippen LogP contribution in [0.4, 0.5) is 5.69 Å². The van der Waals surface area contributed by atoms with Gasteiger partial charge in [-0.2, -0.15) is 0 Å². The van der Waals surface area contributed by atoms with E-state index in [4.69, 9.17) is 23.2 Å². The summed E-state index contributed by atoms with van der Waals surface area (Å²) in [5.41, 5.74) is 0.831. The van der Waals surface area contributed by atoms with Crippen LogP contribution in [-0.4, -0.2) is 50.0 Å². The lowest BCUT2D eigenvalue weighted by Gasteiger charge is -2.34. The molecule has 0 spiro atoms. The molecule has 202 valence electrons. The van der Waals surface area contributed by atoms with Crippen molar-refractivity contribution in [2.75, 3.05) is 17.1 Å². The van der Waals surface area contributed by atoms with Gasteiger partial charge in [-0.05, 0) is 49.6 Å². The lowest BCUT2D eigenvalue weighted by molar-refractivity contribution is -0.140. The first kappa shape index (κ1) is 29.7. The van der Waals surface area contributed by atoms with Crippen LogP contribution in [0.2, 0.25) is 10.0 Å². The van der Waals surface area contributed by atoms with Crippen molar-refractivity contribution in [3.05, 3.63) is 62.5 Å². The summed E-state index contributed by atoms with van der Waals surface area (Å²) in [6, 6.07) is 11.0. The molecule has 0 aliphatic heterocycles. The first-order valence-corrected chi connectivity index (χ1v) is 15.7. The molecule has 0 aromatic heterocycles. The number of sulfonamides is 1. The number of carbonyl (C=O) groups is 2. The number of nitrogens with one attached hydrogen (secondary N) is 1. The number of carbonyl (C=O) groups excluding carboxylic acids is 2. The highest BCUT2D eigenvalue weighted by atomic mass is 79.9. The van der Waals surface area contributed by atoms with Crippen LogP contribution in [-0.2, 0) is 26.2 Å². The fourth-order valence-electron chi connectivity index (χ4n) is 4.56. The normalized spacial score (nSPS) is 15.2. The number of rotatable bonds is 10. The lowest BCUT2D eigenvalue weighted by atomic mass is 9.95. The van der Waals surface area contributed by atoms with E-state index in [1.165, 1.54) is 4.90 Å². The van der Waals surface area contributed by atoms with Crippen LogP contribution in [0.25, 0.3) is 0 Å². The first-order chi connectivity index (χ1) is 17.5. The molecule has 3 rings (SSSR count). The zero-order valence-electron chi connectivity index (χ0n) is 20.9. The third kappa shape index (κ3) is 8.09. The summed E-state index contributed by atoms with van der Waals surface area (Å²) in [6.07, 6.45) is 6.43. The zero-order chi connectivity index (χ0) is 27.2. The molecule has 1 saturated carbocycles. The summed E-state index contributed by atoms with van der Waals surface area (Å²) in [6.45, 7) is 1.30. The van der Waals surface area contributed by atoms with Crippen molar-refractivity contribution >= 4 is 66.7 Å². The van der Waals surface area contributed by atoms with Crippen LogP contribution in [0.3, 0.4) is 0 Å². The molecule has 1 aliphatic carbocycles. The minimum Gasteiger partial charge on any atom is -0.352 e. The van der Waals surface area contributed by atoms with E-state index in [9.17, 15) is 18.0 Å². The molecule has 2 amide bonds. The summed E-state index contributed by atoms with van der Waals surface area (Å²) >= 11 is 16.2. The van der Waals surface area contributed by atoms with Crippen LogP contribution in [0, 0.1) is 0 Å². The molecule has 0 bridgehead atoms. The van der Waals surface area contributed by atoms with Crippen molar-refractivity contribution in [3.8, 4) is 0 Å². The van der Waals surface area contributed by atoms with Crippen molar-refractivity contribution in [2.45, 2.75) is 64.1 Å². The highest BCUT2D eigenvalue weighted by Crippen LogP contribution is 2.28. The van der Waals surface area contributed by atoms with E-state index in [1.54, 1.807) is 42.5 Å². The van der Waals surface area contributed by atoms with Gasteiger partial charge in [0, 0.05) is 32.7 Å². The van der Waals surface area contributed by atoms with Crippen LogP contribution in [0.5, 0.6) is 0 Å². The number of nitrogens with zero attached hydrogens (tertiary/aromatic N) is 2. The maximum atomic E-state index is 13.8. The monoisotopic (exact) mass is 631 g/mol. The topological polar surface area (TPSA) is 86.8 Å². The summed E-state index contributed by atoms with van der Waals surface area (Å²) < 4.78 is 27.1. The lowest BCUT2D eigenvalue weighted by Crippen LogP contribution is -2.54. The van der Waals surface area contributed by atoms with Gasteiger partial charge in [-0.15, -0.1) is 0 Å². The maximum Gasteiger partial charge on any atom is 0.244 e. The molecule has 1 N–H and O–H groups in total. The fourth-order valence-corrected chi connectivity index (χ4v) is 6.31. The number of anilines is 1. The van der Waals surface area contributed by atoms with Gasteiger partial charge in [0.15, 0.2) is 0 Å². The van der Waals surface area contributed by atoms with Crippen molar-refractivity contribution in [3.63, 3.8) is 0 Å². The molecule has 1 aliphatic rings. The Morgan fingerprint density at radius 1 is 1.08 bits per heavy atom. The van der Waals surface area contributed by atoms with E-state index in [2.05, 4.69) is 21.2 Å². The Hall–Kier alpha value is -1.81. The number of benzene rings is 2. The third-order valence-electron chi connectivity index (χ3n) is 6.50. The van der Waals surface area contributed by atoms with Gasteiger partial charge in [0.2, 0.25) is 21.8 Å². The van der Waals surface area contributed by atoms with Gasteiger partial charge in [-0.1, -0.05) is 77.5 Å². The number of halogens is 3. The van der Waals surface area contributed by atoms with Gasteiger partial charge in [0.25, 0.3) is 0 Å². The molecule has 7 nitrogen and oxygen atoms in total. The summed E-state index contributed by atoms with van der Waals surface area (Å²) in [5.74, 6) is -0.800. The van der Waals surface area contributed by atoms with E-state index in [0.717, 1.165) is 42.7 Å². The van der Waals surface area contributed by atoms with Gasteiger partial charge >= 0.3 is 0 Å². The Balaban J connectivity index is 1.96. The molecule has 0 heterocycles. The molecule has 0 radical (unpaired) electrons. The van der Waals surface area contributed by atoms with Crippen molar-refractivity contribution < 1.29 is 18.0 Å². The molecule has 37 heavy (non-hydrogen) atoms. The summed E-state index contributed by atoms with van der Waals surface area (Å²) in [7, 11) is -3.82. The van der Waals surface area contributed by atoms with Crippen LogP contribution >= 0.6 is 39.1 Å². The molecular formula is C26H32BrCl2N3O4S. The Morgan fingerprint density at radius 2 is 1.70 bits per heavy atom. The second kappa shape index (κ2) is 13.3. The minimum atomic E-state index is -3.82. The van der Waals surface area contributed by atoms with Crippen molar-refractivity contribution in [2.24, 2.45) is 0 Å². The average molecular weight is 633 g/mol. The molecule has 2 aromatic rings. The molecule has 1 fully saturated rings. The van der Waals surface area contributed by atoms with Gasteiger partial charge < -0.3 is 10.2 Å². The molecule has 1 atom stereocenters. The minimum absolute atomic E-state index is 0.0377. The number of amides is 2. The zero-order valence-corrected chi connectivity index (χ0v) is 24.8.